The van der Waals surface area contributed by atoms with Crippen LogP contribution in [0.2, 0.25) is 0 Å². The van der Waals surface area contributed by atoms with E-state index in [4.69, 9.17) is 4.74 Å². The van der Waals surface area contributed by atoms with E-state index in [1.807, 2.05) is 30.3 Å². The Morgan fingerprint density at radius 2 is 1.81 bits per heavy atom. The Morgan fingerprint density at radius 3 is 2.48 bits per heavy atom. The standard InChI is InChI=1S/C20H24N2O4S/c1-26-18-11-9-17(10-12-18)19-20(23)21-13-14-22(19)27(24,25)15-5-8-16-6-3-2-4-7-16/h2-4,6-7,9-12,19H,5,8,13-15H2,1H3,(H,21,23). The number of hydrogen-bond acceptors (Lipinski definition) is 4. The predicted octanol–water partition coefficient (Wildman–Crippen LogP) is 2.13. The van der Waals surface area contributed by atoms with Crippen molar-refractivity contribution in [2.75, 3.05) is 26.0 Å². The number of aryl methyl sites for hydroxylation is 1. The minimum Gasteiger partial charge on any atom is -0.497 e. The van der Waals surface area contributed by atoms with Crippen LogP contribution in [0.3, 0.4) is 0 Å². The van der Waals surface area contributed by atoms with Crippen molar-refractivity contribution in [3.05, 3.63) is 65.7 Å². The largest absolute Gasteiger partial charge is 0.497 e. The molecule has 1 atom stereocenters. The van der Waals surface area contributed by atoms with E-state index in [9.17, 15) is 13.2 Å². The Morgan fingerprint density at radius 1 is 1.11 bits per heavy atom. The van der Waals surface area contributed by atoms with Crippen molar-refractivity contribution in [2.45, 2.75) is 18.9 Å². The highest BCUT2D eigenvalue weighted by atomic mass is 32.2. The van der Waals surface area contributed by atoms with Crippen molar-refractivity contribution in [3.63, 3.8) is 0 Å². The van der Waals surface area contributed by atoms with Gasteiger partial charge in [-0.3, -0.25) is 4.79 Å². The van der Waals surface area contributed by atoms with E-state index in [0.29, 0.717) is 30.7 Å². The molecule has 1 aliphatic heterocycles. The zero-order chi connectivity index (χ0) is 19.3. The zero-order valence-corrected chi connectivity index (χ0v) is 16.1. The number of sulfonamides is 1. The molecule has 1 saturated heterocycles. The van der Waals surface area contributed by atoms with Gasteiger partial charge in [0.1, 0.15) is 11.8 Å². The molecule has 0 radical (unpaired) electrons. The molecule has 1 fully saturated rings. The molecule has 0 aromatic heterocycles. The Hall–Kier alpha value is -2.38. The Labute approximate surface area is 160 Å². The lowest BCUT2D eigenvalue weighted by molar-refractivity contribution is -0.126. The third kappa shape index (κ3) is 4.67. The number of amides is 1. The maximum absolute atomic E-state index is 12.9. The number of methoxy groups -OCH3 is 1. The fraction of sp³-hybridized carbons (Fsp3) is 0.350. The lowest BCUT2D eigenvalue weighted by Crippen LogP contribution is -2.52. The highest BCUT2D eigenvalue weighted by molar-refractivity contribution is 7.89. The third-order valence-corrected chi connectivity index (χ3v) is 6.58. The lowest BCUT2D eigenvalue weighted by atomic mass is 10.0. The van der Waals surface area contributed by atoms with Crippen LogP contribution in [-0.4, -0.2) is 44.6 Å². The molecule has 0 saturated carbocycles. The average Bonchev–Trinajstić information content (AvgIpc) is 2.68. The summed E-state index contributed by atoms with van der Waals surface area (Å²) >= 11 is 0. The summed E-state index contributed by atoms with van der Waals surface area (Å²) in [6.07, 6.45) is 1.20. The van der Waals surface area contributed by atoms with E-state index >= 15 is 0 Å². The summed E-state index contributed by atoms with van der Waals surface area (Å²) in [4.78, 5) is 12.5. The first kappa shape index (κ1) is 19.4. The van der Waals surface area contributed by atoms with Crippen LogP contribution in [0.4, 0.5) is 0 Å². The van der Waals surface area contributed by atoms with E-state index in [1.165, 1.54) is 4.31 Å². The normalized spacial score (nSPS) is 18.1. The molecule has 1 amide bonds. The first-order chi connectivity index (χ1) is 13.0. The van der Waals surface area contributed by atoms with Gasteiger partial charge in [0.05, 0.1) is 12.9 Å². The molecular weight excluding hydrogens is 364 g/mol. The highest BCUT2D eigenvalue weighted by Gasteiger charge is 2.38. The number of ether oxygens (including phenoxy) is 1. The number of carbonyl (C=O) groups is 1. The summed E-state index contributed by atoms with van der Waals surface area (Å²) in [7, 11) is -2.00. The van der Waals surface area contributed by atoms with Crippen LogP contribution in [-0.2, 0) is 21.2 Å². The van der Waals surface area contributed by atoms with E-state index in [0.717, 1.165) is 5.56 Å². The molecule has 0 aliphatic carbocycles. The molecule has 7 heteroatoms. The summed E-state index contributed by atoms with van der Waals surface area (Å²) < 4.78 is 32.4. The van der Waals surface area contributed by atoms with Gasteiger partial charge >= 0.3 is 0 Å². The second-order valence-corrected chi connectivity index (χ2v) is 8.52. The summed E-state index contributed by atoms with van der Waals surface area (Å²) in [6.45, 7) is 0.597. The van der Waals surface area contributed by atoms with Gasteiger partial charge in [-0.25, -0.2) is 8.42 Å². The first-order valence-corrected chi connectivity index (χ1v) is 10.6. The fourth-order valence-electron chi connectivity index (χ4n) is 3.27. The van der Waals surface area contributed by atoms with Crippen LogP contribution >= 0.6 is 0 Å². The van der Waals surface area contributed by atoms with Crippen LogP contribution in [0.25, 0.3) is 0 Å². The van der Waals surface area contributed by atoms with Crippen molar-refractivity contribution in [1.29, 1.82) is 0 Å². The first-order valence-electron chi connectivity index (χ1n) is 8.96. The summed E-state index contributed by atoms with van der Waals surface area (Å²) in [5.41, 5.74) is 1.75. The van der Waals surface area contributed by atoms with Gasteiger partial charge in [0.25, 0.3) is 0 Å². The monoisotopic (exact) mass is 388 g/mol. The van der Waals surface area contributed by atoms with Crippen LogP contribution in [0.5, 0.6) is 5.75 Å². The van der Waals surface area contributed by atoms with Gasteiger partial charge in [-0.1, -0.05) is 42.5 Å². The number of hydrogen-bond donors (Lipinski definition) is 1. The van der Waals surface area contributed by atoms with Crippen molar-refractivity contribution >= 4 is 15.9 Å². The number of benzene rings is 2. The number of nitrogens with zero attached hydrogens (tertiary/aromatic N) is 1. The Bertz CT molecular complexity index is 867. The molecule has 1 aliphatic rings. The molecule has 2 aromatic carbocycles. The molecule has 1 N–H and O–H groups in total. The second-order valence-electron chi connectivity index (χ2n) is 6.48. The molecule has 0 bridgehead atoms. The summed E-state index contributed by atoms with van der Waals surface area (Å²) in [5.74, 6) is 0.382. The predicted molar refractivity (Wildman–Crippen MR) is 104 cm³/mol. The number of rotatable bonds is 7. The summed E-state index contributed by atoms with van der Waals surface area (Å²) in [6, 6.07) is 15.9. The molecule has 2 aromatic rings. The minimum atomic E-state index is -3.56. The van der Waals surface area contributed by atoms with Gasteiger partial charge in [-0.15, -0.1) is 0 Å². The number of nitrogens with one attached hydrogen (secondary N) is 1. The second kappa shape index (κ2) is 8.54. The van der Waals surface area contributed by atoms with Gasteiger partial charge < -0.3 is 10.1 Å². The van der Waals surface area contributed by atoms with E-state index < -0.39 is 16.1 Å². The van der Waals surface area contributed by atoms with Gasteiger partial charge in [-0.05, 0) is 36.1 Å². The van der Waals surface area contributed by atoms with Crippen LogP contribution in [0, 0.1) is 0 Å². The quantitative estimate of drug-likeness (QED) is 0.788. The van der Waals surface area contributed by atoms with Gasteiger partial charge in [-0.2, -0.15) is 4.31 Å². The summed E-state index contributed by atoms with van der Waals surface area (Å²) in [5, 5.41) is 2.77. The van der Waals surface area contributed by atoms with Gasteiger partial charge in [0.2, 0.25) is 15.9 Å². The van der Waals surface area contributed by atoms with E-state index in [2.05, 4.69) is 5.32 Å². The molecule has 144 valence electrons. The van der Waals surface area contributed by atoms with Gasteiger partial charge in [0.15, 0.2) is 0 Å². The van der Waals surface area contributed by atoms with Crippen molar-refractivity contribution in [2.24, 2.45) is 0 Å². The SMILES string of the molecule is COc1ccc(C2C(=O)NCCN2S(=O)(=O)CCCc2ccccc2)cc1. The third-order valence-electron chi connectivity index (χ3n) is 4.67. The molecule has 0 spiro atoms. The van der Waals surface area contributed by atoms with E-state index in [1.54, 1.807) is 31.4 Å². The van der Waals surface area contributed by atoms with E-state index in [-0.39, 0.29) is 18.2 Å². The maximum atomic E-state index is 12.9. The number of piperazine rings is 1. The van der Waals surface area contributed by atoms with Crippen LogP contribution in [0.15, 0.2) is 54.6 Å². The topological polar surface area (TPSA) is 75.7 Å². The number of carbonyl (C=O) groups excluding carboxylic acids is 1. The zero-order valence-electron chi connectivity index (χ0n) is 15.3. The van der Waals surface area contributed by atoms with Crippen molar-refractivity contribution in [1.82, 2.24) is 9.62 Å². The molecule has 3 rings (SSSR count). The van der Waals surface area contributed by atoms with Gasteiger partial charge in [0, 0.05) is 13.1 Å². The fourth-order valence-corrected chi connectivity index (χ4v) is 4.92. The minimum absolute atomic E-state index is 0.0157. The maximum Gasteiger partial charge on any atom is 0.243 e. The molecule has 6 nitrogen and oxygen atoms in total. The van der Waals surface area contributed by atoms with Crippen LogP contribution in [0.1, 0.15) is 23.6 Å². The van der Waals surface area contributed by atoms with Crippen LogP contribution < -0.4 is 10.1 Å². The molecule has 1 heterocycles. The van der Waals surface area contributed by atoms with Crippen molar-refractivity contribution in [3.8, 4) is 5.75 Å². The molecule has 1 unspecified atom stereocenters. The average molecular weight is 388 g/mol. The lowest BCUT2D eigenvalue weighted by Gasteiger charge is -2.34. The molecule has 27 heavy (non-hydrogen) atoms. The van der Waals surface area contributed by atoms with Crippen molar-refractivity contribution < 1.29 is 17.9 Å². The Kier molecular flexibility index (Phi) is 6.13. The molecular formula is C20H24N2O4S. The Balaban J connectivity index is 1.75. The smallest absolute Gasteiger partial charge is 0.243 e. The highest BCUT2D eigenvalue weighted by Crippen LogP contribution is 2.28.